The molecule has 3 rings (SSSR count). The molecule has 9 heteroatoms. The van der Waals surface area contributed by atoms with E-state index in [1.165, 1.54) is 18.2 Å². The maximum absolute atomic E-state index is 13.2. The third-order valence-corrected chi connectivity index (χ3v) is 4.97. The number of carbonyl (C=O) groups excluding carboxylic acids is 1. The van der Waals surface area contributed by atoms with Gasteiger partial charge in [0.05, 0.1) is 15.7 Å². The molecule has 0 spiro atoms. The van der Waals surface area contributed by atoms with Gasteiger partial charge in [-0.25, -0.2) is 14.2 Å². The van der Waals surface area contributed by atoms with Gasteiger partial charge in [0.2, 0.25) is 0 Å². The molecular weight excluding hydrogens is 402 g/mol. The zero-order valence-electron chi connectivity index (χ0n) is 13.7. The van der Waals surface area contributed by atoms with Crippen molar-refractivity contribution in [1.82, 2.24) is 9.88 Å². The molecule has 1 aromatic carbocycles. The van der Waals surface area contributed by atoms with Crippen molar-refractivity contribution in [2.24, 2.45) is 0 Å². The highest BCUT2D eigenvalue weighted by molar-refractivity contribution is 6.38. The lowest BCUT2D eigenvalue weighted by Gasteiger charge is -2.25. The van der Waals surface area contributed by atoms with Gasteiger partial charge >= 0.3 is 6.03 Å². The van der Waals surface area contributed by atoms with Crippen molar-refractivity contribution in [2.45, 2.75) is 6.42 Å². The average molecular weight is 418 g/mol. The summed E-state index contributed by atoms with van der Waals surface area (Å²) in [4.78, 5) is 20.3. The van der Waals surface area contributed by atoms with Crippen molar-refractivity contribution in [1.29, 1.82) is 0 Å². The van der Waals surface area contributed by atoms with Crippen LogP contribution >= 0.6 is 34.8 Å². The Bertz CT molecular complexity index is 800. The number of urea groups is 1. The third kappa shape index (κ3) is 4.31. The summed E-state index contributed by atoms with van der Waals surface area (Å²) in [5, 5.41) is 3.58. The Morgan fingerprint density at radius 1 is 1.08 bits per heavy atom. The molecule has 1 saturated heterocycles. The molecule has 0 unspecified atom stereocenters. The minimum atomic E-state index is -0.527. The average Bonchev–Trinajstić information content (AvgIpc) is 2.84. The topological polar surface area (TPSA) is 48.5 Å². The molecule has 5 nitrogen and oxygen atoms in total. The van der Waals surface area contributed by atoms with Crippen LogP contribution in [0.25, 0.3) is 0 Å². The molecule has 2 aromatic rings. The van der Waals surface area contributed by atoms with E-state index in [1.54, 1.807) is 17.2 Å². The minimum absolute atomic E-state index is 0.0364. The van der Waals surface area contributed by atoms with Crippen LogP contribution in [0.1, 0.15) is 6.42 Å². The fraction of sp³-hybridized carbons (Fsp3) is 0.294. The molecule has 0 atom stereocenters. The van der Waals surface area contributed by atoms with Crippen LogP contribution in [-0.4, -0.2) is 42.1 Å². The molecule has 1 N–H and O–H groups in total. The maximum Gasteiger partial charge on any atom is 0.321 e. The highest BCUT2D eigenvalue weighted by Gasteiger charge is 2.22. The normalized spacial score (nSPS) is 14.9. The van der Waals surface area contributed by atoms with Crippen molar-refractivity contribution in [3.05, 3.63) is 51.5 Å². The summed E-state index contributed by atoms with van der Waals surface area (Å²) in [5.74, 6) is -0.527. The Kier molecular flexibility index (Phi) is 6.06. The molecule has 1 aliphatic rings. The van der Waals surface area contributed by atoms with Gasteiger partial charge in [-0.1, -0.05) is 34.8 Å². The summed E-state index contributed by atoms with van der Waals surface area (Å²) in [6.07, 6.45) is 2.30. The summed E-state index contributed by atoms with van der Waals surface area (Å²) in [7, 11) is 0. The number of rotatable bonds is 2. The van der Waals surface area contributed by atoms with E-state index in [1.807, 2.05) is 4.90 Å². The second-order valence-corrected chi connectivity index (χ2v) is 6.99. The molecule has 0 saturated carbocycles. The Balaban J connectivity index is 1.66. The van der Waals surface area contributed by atoms with Crippen LogP contribution in [0.5, 0.6) is 0 Å². The van der Waals surface area contributed by atoms with Gasteiger partial charge in [-0.2, -0.15) is 0 Å². The fourth-order valence-electron chi connectivity index (χ4n) is 2.81. The molecular formula is C17H16Cl3FN4O. The van der Waals surface area contributed by atoms with Crippen molar-refractivity contribution in [3.8, 4) is 0 Å². The van der Waals surface area contributed by atoms with Gasteiger partial charge in [0.15, 0.2) is 5.15 Å². The first-order valence-corrected chi connectivity index (χ1v) is 9.15. The Labute approximate surface area is 165 Å². The van der Waals surface area contributed by atoms with Crippen LogP contribution in [0.2, 0.25) is 15.2 Å². The second kappa shape index (κ2) is 8.29. The highest BCUT2D eigenvalue weighted by Crippen LogP contribution is 2.32. The first-order valence-electron chi connectivity index (χ1n) is 8.01. The highest BCUT2D eigenvalue weighted by atomic mass is 35.5. The number of hydrogen-bond acceptors (Lipinski definition) is 3. The third-order valence-electron chi connectivity index (χ3n) is 4.10. The number of halogens is 4. The van der Waals surface area contributed by atoms with E-state index in [0.717, 1.165) is 6.42 Å². The first kappa shape index (κ1) is 19.0. The van der Waals surface area contributed by atoms with E-state index in [-0.39, 0.29) is 11.1 Å². The summed E-state index contributed by atoms with van der Waals surface area (Å²) >= 11 is 18.2. The van der Waals surface area contributed by atoms with Gasteiger partial charge in [0.1, 0.15) is 5.82 Å². The number of nitrogens with zero attached hydrogens (tertiary/aromatic N) is 3. The Morgan fingerprint density at radius 2 is 1.88 bits per heavy atom. The molecule has 0 radical (unpaired) electrons. The van der Waals surface area contributed by atoms with Gasteiger partial charge in [0, 0.05) is 38.1 Å². The standard InChI is InChI=1S/C17H16Cl3FN4O/c18-12-4-5-22-16(20)15(12)24-6-1-7-25(9-8-24)17(26)23-11-2-3-14(21)13(19)10-11/h2-5,10H,1,6-9H2,(H,23,26). The number of carbonyl (C=O) groups is 1. The quantitative estimate of drug-likeness (QED) is 0.705. The minimum Gasteiger partial charge on any atom is -0.366 e. The predicted octanol–water partition coefficient (Wildman–Crippen LogP) is 4.93. The number of hydrogen-bond donors (Lipinski definition) is 1. The Morgan fingerprint density at radius 3 is 2.62 bits per heavy atom. The number of anilines is 2. The number of aromatic nitrogens is 1. The molecule has 1 aromatic heterocycles. The van der Waals surface area contributed by atoms with Crippen molar-refractivity contribution < 1.29 is 9.18 Å². The molecule has 2 amide bonds. The van der Waals surface area contributed by atoms with E-state index in [4.69, 9.17) is 34.8 Å². The van der Waals surface area contributed by atoms with Crippen LogP contribution in [0.3, 0.4) is 0 Å². The fourth-order valence-corrected chi connectivity index (χ4v) is 3.58. The number of pyridine rings is 1. The van der Waals surface area contributed by atoms with Crippen molar-refractivity contribution in [3.63, 3.8) is 0 Å². The first-order chi connectivity index (χ1) is 12.5. The zero-order valence-corrected chi connectivity index (χ0v) is 16.0. The van der Waals surface area contributed by atoms with Crippen LogP contribution in [0.4, 0.5) is 20.6 Å². The van der Waals surface area contributed by atoms with E-state index >= 15 is 0 Å². The lowest BCUT2D eigenvalue weighted by atomic mass is 10.3. The van der Waals surface area contributed by atoms with Gasteiger partial charge < -0.3 is 15.1 Å². The van der Waals surface area contributed by atoms with Gasteiger partial charge in [-0.05, 0) is 30.7 Å². The molecule has 26 heavy (non-hydrogen) atoms. The molecule has 1 aliphatic heterocycles. The second-order valence-electron chi connectivity index (χ2n) is 5.82. The number of amides is 2. The summed E-state index contributed by atoms with van der Waals surface area (Å²) in [5.41, 5.74) is 1.13. The molecule has 0 aliphatic carbocycles. The maximum atomic E-state index is 13.2. The van der Waals surface area contributed by atoms with Gasteiger partial charge in [-0.15, -0.1) is 0 Å². The lowest BCUT2D eigenvalue weighted by Crippen LogP contribution is -2.38. The molecule has 0 bridgehead atoms. The lowest BCUT2D eigenvalue weighted by molar-refractivity contribution is 0.215. The van der Waals surface area contributed by atoms with Crippen LogP contribution in [0, 0.1) is 5.82 Å². The largest absolute Gasteiger partial charge is 0.366 e. The predicted molar refractivity (Wildman–Crippen MR) is 103 cm³/mol. The Hall–Kier alpha value is -1.76. The van der Waals surface area contributed by atoms with Crippen LogP contribution in [-0.2, 0) is 0 Å². The number of benzene rings is 1. The monoisotopic (exact) mass is 416 g/mol. The molecule has 138 valence electrons. The SMILES string of the molecule is O=C(Nc1ccc(F)c(Cl)c1)N1CCCN(c2c(Cl)ccnc2Cl)CC1. The summed E-state index contributed by atoms with van der Waals surface area (Å²) in [6.45, 7) is 2.34. The van der Waals surface area contributed by atoms with Crippen LogP contribution < -0.4 is 10.2 Å². The van der Waals surface area contributed by atoms with Gasteiger partial charge in [0.25, 0.3) is 0 Å². The van der Waals surface area contributed by atoms with Crippen LogP contribution in [0.15, 0.2) is 30.5 Å². The van der Waals surface area contributed by atoms with E-state index in [2.05, 4.69) is 10.3 Å². The smallest absolute Gasteiger partial charge is 0.321 e. The molecule has 2 heterocycles. The number of nitrogens with one attached hydrogen (secondary N) is 1. The zero-order chi connectivity index (χ0) is 18.7. The van der Waals surface area contributed by atoms with Crippen molar-refractivity contribution in [2.75, 3.05) is 36.4 Å². The molecule has 1 fully saturated rings. The van der Waals surface area contributed by atoms with E-state index in [9.17, 15) is 9.18 Å². The summed E-state index contributed by atoms with van der Waals surface area (Å²) in [6, 6.07) is 5.50. The van der Waals surface area contributed by atoms with Crippen molar-refractivity contribution >= 4 is 52.2 Å². The summed E-state index contributed by atoms with van der Waals surface area (Å²) < 4.78 is 13.2. The van der Waals surface area contributed by atoms with E-state index in [0.29, 0.717) is 47.7 Å². The van der Waals surface area contributed by atoms with E-state index < -0.39 is 5.82 Å². The van der Waals surface area contributed by atoms with Gasteiger partial charge in [-0.3, -0.25) is 0 Å².